The zero-order chi connectivity index (χ0) is 44.0. The van der Waals surface area contributed by atoms with Crippen LogP contribution >= 0.6 is 0 Å². The number of fused-ring (bicyclic) bond motifs is 5. The van der Waals surface area contributed by atoms with Gasteiger partial charge >= 0.3 is 375 Å². The van der Waals surface area contributed by atoms with Crippen LogP contribution in [0.15, 0.2) is 218 Å². The molecule has 0 saturated carbocycles. The monoisotopic (exact) mass is 950 g/mol. The third-order valence-corrected chi connectivity index (χ3v) is 21.4. The predicted molar refractivity (Wildman–Crippen MR) is 285 cm³/mol. The van der Waals surface area contributed by atoms with Gasteiger partial charge in [0.25, 0.3) is 0 Å². The van der Waals surface area contributed by atoms with E-state index in [9.17, 15) is 0 Å². The van der Waals surface area contributed by atoms with Crippen LogP contribution in [0, 0.1) is 0 Å². The van der Waals surface area contributed by atoms with Crippen molar-refractivity contribution in [1.29, 1.82) is 0 Å². The molecule has 10 aromatic carbocycles. The summed E-state index contributed by atoms with van der Waals surface area (Å²) in [5.74, 6) is 14.8. The molecule has 0 unspecified atom stereocenters. The van der Waals surface area contributed by atoms with E-state index in [0.717, 1.165) is 34.1 Å². The van der Waals surface area contributed by atoms with E-state index in [1.165, 1.54) is 63.4 Å². The van der Waals surface area contributed by atoms with Gasteiger partial charge in [-0.05, 0) is 0 Å². The van der Waals surface area contributed by atoms with Crippen LogP contribution < -0.4 is 18.6 Å². The molecule has 0 fully saturated rings. The van der Waals surface area contributed by atoms with Crippen molar-refractivity contribution in [2.45, 2.75) is 34.5 Å². The molecule has 2 nitrogen and oxygen atoms in total. The van der Waals surface area contributed by atoms with E-state index < -0.39 is 26.5 Å². The van der Waals surface area contributed by atoms with Crippen LogP contribution in [0.1, 0.15) is 0 Å². The molecule has 312 valence electrons. The molecule has 0 amide bonds. The molecule has 0 aliphatic rings. The molecule has 0 heterocycles. The first-order chi connectivity index (χ1) is 31.0. The molecule has 0 radical (unpaired) electrons. The van der Waals surface area contributed by atoms with Crippen molar-refractivity contribution in [3.8, 4) is 22.3 Å². The summed E-state index contributed by atoms with van der Waals surface area (Å²) in [6.45, 7) is 0. The first-order valence-electron chi connectivity index (χ1n) is 22.5. The maximum absolute atomic E-state index is 2.47. The van der Waals surface area contributed by atoms with Gasteiger partial charge < -0.3 is 0 Å². The van der Waals surface area contributed by atoms with Crippen LogP contribution in [0.25, 0.3) is 54.6 Å². The number of nitrogens with zero attached hydrogens (tertiary/aromatic N) is 2. The minimum absolute atomic E-state index is 1.13. The number of hydrogen-bond donors (Lipinski definition) is 0. The zero-order valence-electron chi connectivity index (χ0n) is 37.7. The molecule has 4 heteroatoms. The van der Waals surface area contributed by atoms with E-state index in [4.69, 9.17) is 0 Å². The molecule has 0 aliphatic heterocycles. The Morgan fingerprint density at radius 1 is 0.250 bits per heavy atom. The minimum atomic E-state index is -2.07. The van der Waals surface area contributed by atoms with Gasteiger partial charge in [-0.1, -0.05) is 12.1 Å². The van der Waals surface area contributed by atoms with Crippen LogP contribution in [0.4, 0.5) is 34.1 Å². The Morgan fingerprint density at radius 2 is 0.516 bits per heavy atom. The van der Waals surface area contributed by atoms with Gasteiger partial charge in [0.15, 0.2) is 0 Å². The molecule has 10 aromatic rings. The van der Waals surface area contributed by atoms with E-state index in [2.05, 4.69) is 263 Å². The Kier molecular flexibility index (Phi) is 11.1. The van der Waals surface area contributed by atoms with Crippen LogP contribution in [-0.4, -0.2) is 26.5 Å². The fourth-order valence-corrected chi connectivity index (χ4v) is 14.1. The Hall–Kier alpha value is -6.33. The second-order valence-electron chi connectivity index (χ2n) is 19.1. The molecule has 0 aromatic heterocycles. The summed E-state index contributed by atoms with van der Waals surface area (Å²) in [6, 6.07) is 81.3. The Balaban J connectivity index is 1.20. The van der Waals surface area contributed by atoms with Crippen molar-refractivity contribution >= 4 is 102 Å². The molecule has 0 bridgehead atoms. The molecular formula is C60H54Ge2N2. The van der Waals surface area contributed by atoms with Crippen LogP contribution in [0.3, 0.4) is 0 Å². The fraction of sp³-hybridized carbons (Fsp3) is 0.100. The van der Waals surface area contributed by atoms with Gasteiger partial charge in [-0.2, -0.15) is 0 Å². The molecule has 64 heavy (non-hydrogen) atoms. The first-order valence-corrected chi connectivity index (χ1v) is 37.2. The van der Waals surface area contributed by atoms with Gasteiger partial charge in [0.1, 0.15) is 0 Å². The average molecular weight is 948 g/mol. The SMILES string of the molecule is [CH3][Ge]([CH3])([CH3])[c]1ccc(N(c2ccc(-c3ccccc3)cc2)c2cc3c4ccccc4c(N(c4ccc(-c5ccccc5)cc4)c4cc[c]([Ge]([CH3])([CH3])[CH3])cc4)cc3c3ccccc23)cc1. The van der Waals surface area contributed by atoms with E-state index in [1.54, 1.807) is 0 Å². The van der Waals surface area contributed by atoms with E-state index in [1.807, 2.05) is 0 Å². The van der Waals surface area contributed by atoms with Crippen LogP contribution in [0.5, 0.6) is 0 Å². The molecule has 10 rings (SSSR count). The van der Waals surface area contributed by atoms with Crippen molar-refractivity contribution in [2.75, 3.05) is 9.80 Å². The summed E-state index contributed by atoms with van der Waals surface area (Å²) in [5, 5.41) is 7.34. The van der Waals surface area contributed by atoms with Crippen molar-refractivity contribution in [1.82, 2.24) is 0 Å². The third kappa shape index (κ3) is 8.06. The Labute approximate surface area is 384 Å². The summed E-state index contributed by atoms with van der Waals surface area (Å²) >= 11 is -4.13. The van der Waals surface area contributed by atoms with Gasteiger partial charge in [-0.15, -0.1) is 0 Å². The maximum atomic E-state index is 2.47. The normalized spacial score (nSPS) is 11.9. The number of hydrogen-bond acceptors (Lipinski definition) is 2. The van der Waals surface area contributed by atoms with E-state index in [0.29, 0.717) is 0 Å². The molecular weight excluding hydrogens is 894 g/mol. The molecule has 0 saturated heterocycles. The number of anilines is 6. The standard InChI is InChI=1S/C60H54Ge2N2/c1-61(2,3)47-29-37-51(38-30-47)63(49-33-25-45(26-34-49)43-17-9-7-10-18-43)59-41-57-54-22-14-16-24-56(54)60(42-58(57)53-21-13-15-23-55(53)59)64(52-39-31-48(32-40-52)62(4,5)6)50-35-27-46(28-36-50)44-19-11-8-12-20-44/h7-42H,1-6H3. The van der Waals surface area contributed by atoms with Crippen LogP contribution in [-0.2, 0) is 0 Å². The molecule has 0 N–H and O–H groups in total. The molecule has 0 spiro atoms. The van der Waals surface area contributed by atoms with Gasteiger partial charge in [0, 0.05) is 0 Å². The second-order valence-corrected chi connectivity index (χ2v) is 40.4. The summed E-state index contributed by atoms with van der Waals surface area (Å²) < 4.78 is 3.00. The zero-order valence-corrected chi connectivity index (χ0v) is 41.9. The summed E-state index contributed by atoms with van der Waals surface area (Å²) in [7, 11) is 0. The number of benzene rings is 10. The molecule has 0 aliphatic carbocycles. The predicted octanol–water partition coefficient (Wildman–Crippen LogP) is 16.5. The summed E-state index contributed by atoms with van der Waals surface area (Å²) in [4.78, 5) is 4.95. The van der Waals surface area contributed by atoms with Gasteiger partial charge in [0.2, 0.25) is 0 Å². The van der Waals surface area contributed by atoms with E-state index in [-0.39, 0.29) is 0 Å². The van der Waals surface area contributed by atoms with Gasteiger partial charge in [-0.25, -0.2) is 0 Å². The summed E-state index contributed by atoms with van der Waals surface area (Å²) in [5.41, 5.74) is 11.7. The van der Waals surface area contributed by atoms with Gasteiger partial charge in [0.05, 0.1) is 0 Å². The topological polar surface area (TPSA) is 6.48 Å². The van der Waals surface area contributed by atoms with Crippen molar-refractivity contribution in [3.63, 3.8) is 0 Å². The fourth-order valence-electron chi connectivity index (χ4n) is 9.23. The van der Waals surface area contributed by atoms with Crippen molar-refractivity contribution in [2.24, 2.45) is 0 Å². The quantitative estimate of drug-likeness (QED) is 0.0996. The van der Waals surface area contributed by atoms with Crippen LogP contribution in [0.2, 0.25) is 34.5 Å². The molecule has 0 atom stereocenters. The Morgan fingerprint density at radius 3 is 0.828 bits per heavy atom. The first kappa shape index (κ1) is 41.7. The number of rotatable bonds is 10. The van der Waals surface area contributed by atoms with Crippen molar-refractivity contribution in [3.05, 3.63) is 218 Å². The Bertz CT molecular complexity index is 3020. The average Bonchev–Trinajstić information content (AvgIpc) is 3.33. The van der Waals surface area contributed by atoms with Gasteiger partial charge in [-0.3, -0.25) is 0 Å². The summed E-state index contributed by atoms with van der Waals surface area (Å²) in [6.07, 6.45) is 0. The van der Waals surface area contributed by atoms with E-state index >= 15 is 0 Å². The second kappa shape index (κ2) is 17.0. The third-order valence-electron chi connectivity index (χ3n) is 12.8. The van der Waals surface area contributed by atoms with Crippen molar-refractivity contribution < 1.29 is 0 Å².